The van der Waals surface area contributed by atoms with Gasteiger partial charge in [0.05, 0.1) is 11.3 Å². The number of nitrogens with one attached hydrogen (secondary N) is 1. The molecule has 0 bridgehead atoms. The number of esters is 1. The predicted octanol–water partition coefficient (Wildman–Crippen LogP) is 3.78. The molecule has 0 aliphatic rings. The van der Waals surface area contributed by atoms with Crippen molar-refractivity contribution in [3.05, 3.63) is 69.2 Å². The van der Waals surface area contributed by atoms with Gasteiger partial charge in [-0.3, -0.25) is 24.5 Å². The van der Waals surface area contributed by atoms with Gasteiger partial charge in [-0.2, -0.15) is 0 Å². The molecule has 9 heteroatoms. The first kappa shape index (κ1) is 21.0. The van der Waals surface area contributed by atoms with E-state index in [0.29, 0.717) is 16.3 Å². The van der Waals surface area contributed by atoms with E-state index in [-0.39, 0.29) is 24.3 Å². The molecular formula is C19H17ClN2O6. The summed E-state index contributed by atoms with van der Waals surface area (Å²) in [6, 6.07) is 11.5. The summed E-state index contributed by atoms with van der Waals surface area (Å²) in [7, 11) is 0. The maximum absolute atomic E-state index is 12.1. The molecule has 0 saturated carbocycles. The number of hydrogen-bond donors (Lipinski definition) is 1. The Bertz CT molecular complexity index is 880. The van der Waals surface area contributed by atoms with Gasteiger partial charge in [-0.25, -0.2) is 0 Å². The quantitative estimate of drug-likeness (QED) is 0.310. The van der Waals surface area contributed by atoms with Crippen LogP contribution in [0, 0.1) is 10.1 Å². The highest BCUT2D eigenvalue weighted by Gasteiger charge is 2.19. The van der Waals surface area contributed by atoms with Crippen molar-refractivity contribution >= 4 is 40.6 Å². The van der Waals surface area contributed by atoms with Crippen LogP contribution in [0.5, 0.6) is 0 Å². The van der Waals surface area contributed by atoms with Crippen LogP contribution < -0.4 is 5.32 Å². The third kappa shape index (κ3) is 6.17. The maximum Gasteiger partial charge on any atom is 0.307 e. The molecule has 0 aliphatic carbocycles. The molecule has 1 unspecified atom stereocenters. The SMILES string of the molecule is CC(OC(=O)CCC(=O)c1ccc(Cl)cc1)C(=O)Nc1ccc([N+](=O)[O-])cc1. The lowest BCUT2D eigenvalue weighted by Crippen LogP contribution is -2.30. The van der Waals surface area contributed by atoms with Gasteiger partial charge in [0.1, 0.15) is 0 Å². The number of ether oxygens (including phenoxy) is 1. The summed E-state index contributed by atoms with van der Waals surface area (Å²) in [6.45, 7) is 1.39. The molecule has 146 valence electrons. The fraction of sp³-hybridized carbons (Fsp3) is 0.211. The highest BCUT2D eigenvalue weighted by atomic mass is 35.5. The molecule has 0 heterocycles. The Morgan fingerprint density at radius 3 is 2.25 bits per heavy atom. The smallest absolute Gasteiger partial charge is 0.307 e. The average Bonchev–Trinajstić information content (AvgIpc) is 2.67. The van der Waals surface area contributed by atoms with E-state index in [0.717, 1.165) is 0 Å². The van der Waals surface area contributed by atoms with Crippen LogP contribution in [-0.4, -0.2) is 28.7 Å². The minimum absolute atomic E-state index is 0.0584. The number of Topliss-reactive ketones (excluding diaryl/α,β-unsaturated/α-hetero) is 1. The van der Waals surface area contributed by atoms with E-state index in [1.807, 2.05) is 0 Å². The van der Waals surface area contributed by atoms with Crippen molar-refractivity contribution in [2.24, 2.45) is 0 Å². The molecule has 1 N–H and O–H groups in total. The van der Waals surface area contributed by atoms with E-state index in [2.05, 4.69) is 5.32 Å². The number of benzene rings is 2. The fourth-order valence-corrected chi connectivity index (χ4v) is 2.34. The fourth-order valence-electron chi connectivity index (χ4n) is 2.22. The molecule has 0 fully saturated rings. The van der Waals surface area contributed by atoms with Crippen molar-refractivity contribution in [2.75, 3.05) is 5.32 Å². The number of rotatable bonds is 8. The molecule has 0 radical (unpaired) electrons. The third-order valence-corrected chi connectivity index (χ3v) is 4.00. The van der Waals surface area contributed by atoms with Crippen LogP contribution in [0.3, 0.4) is 0 Å². The normalized spacial score (nSPS) is 11.4. The second-order valence-corrected chi connectivity index (χ2v) is 6.29. The lowest BCUT2D eigenvalue weighted by Gasteiger charge is -2.13. The zero-order valence-corrected chi connectivity index (χ0v) is 15.6. The number of nitro benzene ring substituents is 1. The van der Waals surface area contributed by atoms with Gasteiger partial charge < -0.3 is 10.1 Å². The summed E-state index contributed by atoms with van der Waals surface area (Å²) in [5.74, 6) is -1.52. The molecule has 2 rings (SSSR count). The molecule has 0 spiro atoms. The number of carbonyl (C=O) groups excluding carboxylic acids is 3. The molecule has 0 saturated heterocycles. The van der Waals surface area contributed by atoms with Gasteiger partial charge in [0.25, 0.3) is 11.6 Å². The molecule has 0 aliphatic heterocycles. The van der Waals surface area contributed by atoms with E-state index < -0.39 is 22.9 Å². The van der Waals surface area contributed by atoms with Crippen molar-refractivity contribution in [1.82, 2.24) is 0 Å². The third-order valence-electron chi connectivity index (χ3n) is 3.75. The number of amides is 1. The number of halogens is 1. The lowest BCUT2D eigenvalue weighted by atomic mass is 10.1. The Hall–Kier alpha value is -3.26. The Kier molecular flexibility index (Phi) is 7.22. The first-order valence-electron chi connectivity index (χ1n) is 8.30. The Morgan fingerprint density at radius 2 is 1.68 bits per heavy atom. The van der Waals surface area contributed by atoms with E-state index in [9.17, 15) is 24.5 Å². The number of hydrogen-bond acceptors (Lipinski definition) is 6. The summed E-state index contributed by atoms with van der Waals surface area (Å²) < 4.78 is 5.02. The summed E-state index contributed by atoms with van der Waals surface area (Å²) in [6.07, 6.45) is -1.32. The average molecular weight is 405 g/mol. The van der Waals surface area contributed by atoms with Crippen LogP contribution in [0.4, 0.5) is 11.4 Å². The maximum atomic E-state index is 12.1. The summed E-state index contributed by atoms with van der Waals surface area (Å²) >= 11 is 5.76. The van der Waals surface area contributed by atoms with Crippen LogP contribution in [0.1, 0.15) is 30.1 Å². The molecule has 1 amide bonds. The number of anilines is 1. The zero-order valence-electron chi connectivity index (χ0n) is 14.9. The van der Waals surface area contributed by atoms with Crippen LogP contribution in [0.2, 0.25) is 5.02 Å². The predicted molar refractivity (Wildman–Crippen MR) is 102 cm³/mol. The number of non-ortho nitro benzene ring substituents is 1. The zero-order chi connectivity index (χ0) is 20.7. The molecule has 8 nitrogen and oxygen atoms in total. The van der Waals surface area contributed by atoms with E-state index in [4.69, 9.17) is 16.3 Å². The number of nitrogens with zero attached hydrogens (tertiary/aromatic N) is 1. The number of carbonyl (C=O) groups is 3. The topological polar surface area (TPSA) is 116 Å². The van der Waals surface area contributed by atoms with Crippen molar-refractivity contribution < 1.29 is 24.0 Å². The number of nitro groups is 1. The van der Waals surface area contributed by atoms with Gasteiger partial charge in [0.2, 0.25) is 0 Å². The second-order valence-electron chi connectivity index (χ2n) is 5.86. The molecule has 2 aromatic carbocycles. The highest BCUT2D eigenvalue weighted by molar-refractivity contribution is 6.30. The van der Waals surface area contributed by atoms with Gasteiger partial charge in [-0.15, -0.1) is 0 Å². The molecular weight excluding hydrogens is 388 g/mol. The minimum Gasteiger partial charge on any atom is -0.453 e. The van der Waals surface area contributed by atoms with Crippen LogP contribution in [-0.2, 0) is 14.3 Å². The van der Waals surface area contributed by atoms with Gasteiger partial charge in [-0.1, -0.05) is 11.6 Å². The summed E-state index contributed by atoms with van der Waals surface area (Å²) in [5.41, 5.74) is 0.653. The van der Waals surface area contributed by atoms with Gasteiger partial charge >= 0.3 is 5.97 Å². The Balaban J connectivity index is 1.80. The molecule has 28 heavy (non-hydrogen) atoms. The van der Waals surface area contributed by atoms with Gasteiger partial charge in [0.15, 0.2) is 11.9 Å². The van der Waals surface area contributed by atoms with Crippen molar-refractivity contribution in [1.29, 1.82) is 0 Å². The number of ketones is 1. The van der Waals surface area contributed by atoms with Gasteiger partial charge in [0, 0.05) is 34.8 Å². The van der Waals surface area contributed by atoms with Crippen LogP contribution >= 0.6 is 11.6 Å². The van der Waals surface area contributed by atoms with E-state index in [1.165, 1.54) is 31.2 Å². The first-order valence-corrected chi connectivity index (χ1v) is 8.67. The summed E-state index contributed by atoms with van der Waals surface area (Å²) in [5, 5.41) is 13.6. The van der Waals surface area contributed by atoms with Crippen molar-refractivity contribution in [3.8, 4) is 0 Å². The van der Waals surface area contributed by atoms with Crippen LogP contribution in [0.15, 0.2) is 48.5 Å². The van der Waals surface area contributed by atoms with Gasteiger partial charge in [-0.05, 0) is 43.3 Å². The van der Waals surface area contributed by atoms with Crippen molar-refractivity contribution in [3.63, 3.8) is 0 Å². The second kappa shape index (κ2) is 9.61. The molecule has 0 aromatic heterocycles. The summed E-state index contributed by atoms with van der Waals surface area (Å²) in [4.78, 5) is 46.0. The highest BCUT2D eigenvalue weighted by Crippen LogP contribution is 2.16. The standard InChI is InChI=1S/C19H17ClN2O6/c1-12(19(25)21-15-6-8-16(9-7-15)22(26)27)28-18(24)11-10-17(23)13-2-4-14(20)5-3-13/h2-9,12H,10-11H2,1H3,(H,21,25). The minimum atomic E-state index is -1.09. The Morgan fingerprint density at radius 1 is 1.07 bits per heavy atom. The Labute approximate surface area is 165 Å². The van der Waals surface area contributed by atoms with Crippen molar-refractivity contribution in [2.45, 2.75) is 25.9 Å². The largest absolute Gasteiger partial charge is 0.453 e. The first-order chi connectivity index (χ1) is 13.3. The monoisotopic (exact) mass is 404 g/mol. The van der Waals surface area contributed by atoms with E-state index in [1.54, 1.807) is 24.3 Å². The van der Waals surface area contributed by atoms with E-state index >= 15 is 0 Å². The lowest BCUT2D eigenvalue weighted by molar-refractivity contribution is -0.384. The van der Waals surface area contributed by atoms with Crippen LogP contribution in [0.25, 0.3) is 0 Å². The molecule has 1 atom stereocenters. The molecule has 2 aromatic rings.